The van der Waals surface area contributed by atoms with Crippen LogP contribution in [0.25, 0.3) is 0 Å². The molecule has 1 aromatic heterocycles. The van der Waals surface area contributed by atoms with E-state index in [1.165, 1.54) is 12.8 Å². The second kappa shape index (κ2) is 4.72. The zero-order chi connectivity index (χ0) is 11.7. The molecule has 0 atom stereocenters. The Hall–Kier alpha value is -0.610. The largest absolute Gasteiger partial charge is 0.391 e. The lowest BCUT2D eigenvalue weighted by Crippen LogP contribution is -2.24. The Morgan fingerprint density at radius 3 is 2.56 bits per heavy atom. The monoisotopic (exact) mass is 240 g/mol. The molecule has 0 amide bonds. The average Bonchev–Trinajstić information content (AvgIpc) is 2.98. The summed E-state index contributed by atoms with van der Waals surface area (Å²) in [6, 6.07) is 0.697. The zero-order valence-electron chi connectivity index (χ0n) is 10.2. The van der Waals surface area contributed by atoms with Crippen LogP contribution in [0.2, 0.25) is 0 Å². The van der Waals surface area contributed by atoms with Crippen molar-refractivity contribution in [3.63, 3.8) is 0 Å². The Morgan fingerprint density at radius 2 is 2.19 bits per heavy atom. The van der Waals surface area contributed by atoms with Gasteiger partial charge in [0, 0.05) is 12.6 Å². The minimum Gasteiger partial charge on any atom is -0.391 e. The molecule has 0 unspecified atom stereocenters. The summed E-state index contributed by atoms with van der Waals surface area (Å²) in [4.78, 5) is 8.10. The van der Waals surface area contributed by atoms with E-state index in [1.807, 2.05) is 0 Å². The number of nitrogens with zero attached hydrogens (tertiary/aromatic N) is 2. The van der Waals surface area contributed by atoms with Crippen LogP contribution in [-0.4, -0.2) is 22.7 Å². The molecule has 1 aliphatic carbocycles. The van der Waals surface area contributed by atoms with Gasteiger partial charge in [0.25, 0.3) is 0 Å². The summed E-state index contributed by atoms with van der Waals surface area (Å²) in [6.45, 7) is 7.57. The lowest BCUT2D eigenvalue weighted by molar-refractivity contribution is 0.283. The molecule has 1 fully saturated rings. The molecule has 4 heteroatoms. The third kappa shape index (κ3) is 2.23. The van der Waals surface area contributed by atoms with Crippen LogP contribution in [0.5, 0.6) is 0 Å². The maximum absolute atomic E-state index is 9.34. The average molecular weight is 240 g/mol. The highest BCUT2D eigenvalue weighted by molar-refractivity contribution is 7.15. The van der Waals surface area contributed by atoms with E-state index < -0.39 is 0 Å². The predicted molar refractivity (Wildman–Crippen MR) is 68.2 cm³/mol. The van der Waals surface area contributed by atoms with Crippen molar-refractivity contribution >= 4 is 16.5 Å². The molecule has 0 spiro atoms. The van der Waals surface area contributed by atoms with Crippen LogP contribution in [0.4, 0.5) is 5.13 Å². The Balaban J connectivity index is 2.26. The van der Waals surface area contributed by atoms with E-state index in [4.69, 9.17) is 4.98 Å². The van der Waals surface area contributed by atoms with E-state index >= 15 is 0 Å². The van der Waals surface area contributed by atoms with Gasteiger partial charge in [0.2, 0.25) is 0 Å². The van der Waals surface area contributed by atoms with E-state index in [0.717, 1.165) is 22.2 Å². The molecule has 1 heterocycles. The molecule has 3 nitrogen and oxygen atoms in total. The first kappa shape index (κ1) is 11.9. The number of thiazole rings is 1. The first-order chi connectivity index (χ1) is 7.67. The van der Waals surface area contributed by atoms with Crippen LogP contribution in [-0.2, 0) is 6.61 Å². The standard InChI is InChI=1S/C12H20N2OS/c1-4-14(9-5-6-9)12-13-11(8(2)3)10(7-15)16-12/h8-9,15H,4-7H2,1-3H3. The molecule has 90 valence electrons. The van der Waals surface area contributed by atoms with Crippen LogP contribution in [0.15, 0.2) is 0 Å². The number of aliphatic hydroxyl groups excluding tert-OH is 1. The van der Waals surface area contributed by atoms with Gasteiger partial charge in [0.15, 0.2) is 5.13 Å². The van der Waals surface area contributed by atoms with Gasteiger partial charge in [-0.3, -0.25) is 0 Å². The fourth-order valence-corrected chi connectivity index (χ4v) is 3.18. The van der Waals surface area contributed by atoms with Gasteiger partial charge in [-0.15, -0.1) is 0 Å². The highest BCUT2D eigenvalue weighted by Crippen LogP contribution is 2.36. The van der Waals surface area contributed by atoms with Gasteiger partial charge in [-0.2, -0.15) is 0 Å². The van der Waals surface area contributed by atoms with Gasteiger partial charge >= 0.3 is 0 Å². The molecule has 1 aliphatic rings. The summed E-state index contributed by atoms with van der Waals surface area (Å²) in [7, 11) is 0. The quantitative estimate of drug-likeness (QED) is 0.859. The van der Waals surface area contributed by atoms with Crippen molar-refractivity contribution in [1.82, 2.24) is 4.98 Å². The van der Waals surface area contributed by atoms with Crippen molar-refractivity contribution in [2.24, 2.45) is 0 Å². The summed E-state index contributed by atoms with van der Waals surface area (Å²) in [5, 5.41) is 10.4. The summed E-state index contributed by atoms with van der Waals surface area (Å²) < 4.78 is 0. The molecular weight excluding hydrogens is 220 g/mol. The molecule has 2 rings (SSSR count). The van der Waals surface area contributed by atoms with Gasteiger partial charge in [0.1, 0.15) is 0 Å². The van der Waals surface area contributed by atoms with Crippen LogP contribution in [0.3, 0.4) is 0 Å². The SMILES string of the molecule is CCN(c1nc(C(C)C)c(CO)s1)C1CC1. The Labute approximate surface area is 101 Å². The molecule has 1 saturated carbocycles. The maximum Gasteiger partial charge on any atom is 0.186 e. The lowest BCUT2D eigenvalue weighted by Gasteiger charge is -2.18. The second-order valence-corrected chi connectivity index (χ2v) is 5.70. The van der Waals surface area contributed by atoms with E-state index in [1.54, 1.807) is 11.3 Å². The normalized spacial score (nSPS) is 15.8. The fourth-order valence-electron chi connectivity index (χ4n) is 1.97. The Kier molecular flexibility index (Phi) is 3.50. The fraction of sp³-hybridized carbons (Fsp3) is 0.750. The smallest absolute Gasteiger partial charge is 0.186 e. The summed E-state index contributed by atoms with van der Waals surface area (Å²) in [5.74, 6) is 0.394. The molecule has 0 aliphatic heterocycles. The molecule has 0 saturated heterocycles. The van der Waals surface area contributed by atoms with Crippen LogP contribution in [0.1, 0.15) is 50.1 Å². The Bertz CT molecular complexity index is 358. The van der Waals surface area contributed by atoms with Crippen molar-refractivity contribution in [2.75, 3.05) is 11.4 Å². The number of aromatic nitrogens is 1. The van der Waals surface area contributed by atoms with E-state index in [9.17, 15) is 5.11 Å². The van der Waals surface area contributed by atoms with Gasteiger partial charge < -0.3 is 10.0 Å². The first-order valence-electron chi connectivity index (χ1n) is 6.04. The van der Waals surface area contributed by atoms with Crippen LogP contribution >= 0.6 is 11.3 Å². The number of hydrogen-bond acceptors (Lipinski definition) is 4. The second-order valence-electron chi connectivity index (χ2n) is 4.63. The van der Waals surface area contributed by atoms with E-state index in [-0.39, 0.29) is 6.61 Å². The predicted octanol–water partition coefficient (Wildman–Crippen LogP) is 2.75. The van der Waals surface area contributed by atoms with Crippen LogP contribution < -0.4 is 4.90 Å². The van der Waals surface area contributed by atoms with Gasteiger partial charge in [0.05, 0.1) is 17.2 Å². The van der Waals surface area contributed by atoms with Gasteiger partial charge in [-0.1, -0.05) is 25.2 Å². The summed E-state index contributed by atoms with van der Waals surface area (Å²) in [6.07, 6.45) is 2.58. The van der Waals surface area contributed by atoms with Crippen molar-refractivity contribution in [3.8, 4) is 0 Å². The van der Waals surface area contributed by atoms with Crippen molar-refractivity contribution in [2.45, 2.75) is 52.2 Å². The van der Waals surface area contributed by atoms with Crippen molar-refractivity contribution in [1.29, 1.82) is 0 Å². The highest BCUT2D eigenvalue weighted by atomic mass is 32.1. The zero-order valence-corrected chi connectivity index (χ0v) is 11.0. The van der Waals surface area contributed by atoms with Gasteiger partial charge in [-0.05, 0) is 25.7 Å². The van der Waals surface area contributed by atoms with Gasteiger partial charge in [-0.25, -0.2) is 4.98 Å². The molecular formula is C12H20N2OS. The van der Waals surface area contributed by atoms with Crippen molar-refractivity contribution < 1.29 is 5.11 Å². The Morgan fingerprint density at radius 1 is 1.50 bits per heavy atom. The first-order valence-corrected chi connectivity index (χ1v) is 6.86. The molecule has 0 bridgehead atoms. The number of rotatable bonds is 5. The van der Waals surface area contributed by atoms with Crippen LogP contribution in [0, 0.1) is 0 Å². The third-order valence-corrected chi connectivity index (χ3v) is 4.07. The summed E-state index contributed by atoms with van der Waals surface area (Å²) in [5.41, 5.74) is 1.07. The maximum atomic E-state index is 9.34. The minimum atomic E-state index is 0.118. The topological polar surface area (TPSA) is 36.4 Å². The van der Waals surface area contributed by atoms with E-state index in [2.05, 4.69) is 25.7 Å². The highest BCUT2D eigenvalue weighted by Gasteiger charge is 2.30. The number of aliphatic hydroxyl groups is 1. The van der Waals surface area contributed by atoms with Crippen molar-refractivity contribution in [3.05, 3.63) is 10.6 Å². The number of hydrogen-bond donors (Lipinski definition) is 1. The molecule has 1 N–H and O–H groups in total. The van der Waals surface area contributed by atoms with E-state index in [0.29, 0.717) is 12.0 Å². The molecule has 1 aromatic rings. The lowest BCUT2D eigenvalue weighted by atomic mass is 10.1. The molecule has 0 aromatic carbocycles. The third-order valence-electron chi connectivity index (χ3n) is 2.98. The number of anilines is 1. The molecule has 16 heavy (non-hydrogen) atoms. The summed E-state index contributed by atoms with van der Waals surface area (Å²) >= 11 is 1.65. The minimum absolute atomic E-state index is 0.118. The molecule has 0 radical (unpaired) electrons.